The predicted octanol–water partition coefficient (Wildman–Crippen LogP) is 1.51. The van der Waals surface area contributed by atoms with E-state index in [0.717, 1.165) is 4.90 Å². The van der Waals surface area contributed by atoms with E-state index in [1.54, 1.807) is 38.1 Å². The van der Waals surface area contributed by atoms with Crippen molar-refractivity contribution >= 4 is 74.9 Å². The molecule has 2 aliphatic heterocycles. The van der Waals surface area contributed by atoms with Crippen LogP contribution in [0.4, 0.5) is 0 Å². The van der Waals surface area contributed by atoms with Crippen LogP contribution in [0, 0.1) is 13.8 Å². The molecule has 0 spiro atoms. The van der Waals surface area contributed by atoms with Crippen molar-refractivity contribution in [2.24, 2.45) is 0 Å². The molecule has 47 heavy (non-hydrogen) atoms. The monoisotopic (exact) mass is 691 g/mol. The molecule has 2 unspecified atom stereocenters. The number of carbonyl (C=O) groups excluding carboxylic acids is 3. The van der Waals surface area contributed by atoms with Gasteiger partial charge in [-0.05, 0) is 37.1 Å². The Balaban J connectivity index is 1.26. The molecule has 240 valence electrons. The van der Waals surface area contributed by atoms with E-state index in [1.807, 2.05) is 0 Å². The highest BCUT2D eigenvalue weighted by molar-refractivity contribution is 8.00. The zero-order valence-electron chi connectivity index (χ0n) is 24.6. The van der Waals surface area contributed by atoms with Gasteiger partial charge >= 0.3 is 5.97 Å². The number of carboxylic acids is 1. The number of carbonyl (C=O) groups is 4. The number of aliphatic hydroxyl groups excluding tert-OH is 1. The zero-order chi connectivity index (χ0) is 33.6. The third kappa shape index (κ3) is 5.93. The van der Waals surface area contributed by atoms with Gasteiger partial charge in [-0.1, -0.05) is 47.8 Å². The maximum atomic E-state index is 13.8. The Morgan fingerprint density at radius 3 is 2.53 bits per heavy atom. The lowest BCUT2D eigenvalue weighted by atomic mass is 9.99. The van der Waals surface area contributed by atoms with Gasteiger partial charge in [-0.3, -0.25) is 24.1 Å². The number of aromatic nitrogens is 4. The number of benzene rings is 1. The van der Waals surface area contributed by atoms with Crippen LogP contribution in [0.25, 0.3) is 11.0 Å². The molecule has 4 aromatic rings. The average molecular weight is 692 g/mol. The van der Waals surface area contributed by atoms with Crippen LogP contribution in [-0.2, 0) is 21.0 Å². The number of H-pyrrole nitrogens is 1. The number of aliphatic hydroxyl groups is 1. The van der Waals surface area contributed by atoms with Gasteiger partial charge < -0.3 is 25.8 Å². The summed E-state index contributed by atoms with van der Waals surface area (Å²) in [6.45, 7) is 3.25. The summed E-state index contributed by atoms with van der Waals surface area (Å²) >= 11 is 7.95. The first-order chi connectivity index (χ1) is 22.5. The molecular weight excluding hydrogens is 667 g/mol. The number of thiocarbonyl (C=S) groups is 1. The lowest BCUT2D eigenvalue weighted by Gasteiger charge is -2.49. The molecule has 3 aromatic heterocycles. The Hall–Kier alpha value is -4.84. The van der Waals surface area contributed by atoms with Crippen LogP contribution in [0.2, 0.25) is 0 Å². The molecule has 5 N–H and O–H groups in total. The van der Waals surface area contributed by atoms with Crippen molar-refractivity contribution in [1.82, 2.24) is 35.7 Å². The number of aromatic amines is 1. The van der Waals surface area contributed by atoms with E-state index in [4.69, 9.17) is 12.2 Å². The number of pyridine rings is 2. The molecule has 3 amide bonds. The number of thioether (sulfide) groups is 1. The molecule has 14 nitrogen and oxygen atoms in total. The summed E-state index contributed by atoms with van der Waals surface area (Å²) < 4.78 is 0. The van der Waals surface area contributed by atoms with Crippen molar-refractivity contribution in [3.05, 3.63) is 96.5 Å². The molecule has 0 saturated carbocycles. The fourth-order valence-corrected chi connectivity index (χ4v) is 7.68. The molecule has 0 radical (unpaired) electrons. The highest BCUT2D eigenvalue weighted by atomic mass is 32.2. The van der Waals surface area contributed by atoms with Crippen LogP contribution in [-0.4, -0.2) is 81.0 Å². The second-order valence-electron chi connectivity index (χ2n) is 10.7. The third-order valence-electron chi connectivity index (χ3n) is 7.62. The van der Waals surface area contributed by atoms with E-state index < -0.39 is 46.6 Å². The van der Waals surface area contributed by atoms with E-state index >= 15 is 0 Å². The number of hydrogen-bond acceptors (Lipinski definition) is 12. The van der Waals surface area contributed by atoms with Gasteiger partial charge in [0.15, 0.2) is 5.01 Å². The van der Waals surface area contributed by atoms with Gasteiger partial charge in [-0.25, -0.2) is 9.78 Å². The minimum absolute atomic E-state index is 0.141. The van der Waals surface area contributed by atoms with E-state index in [0.29, 0.717) is 32.5 Å². The lowest BCUT2D eigenvalue weighted by molar-refractivity contribution is -0.150. The summed E-state index contributed by atoms with van der Waals surface area (Å²) in [5.74, 6) is -3.50. The van der Waals surface area contributed by atoms with Crippen LogP contribution in [0.15, 0.2) is 58.7 Å². The van der Waals surface area contributed by atoms with Crippen molar-refractivity contribution in [1.29, 1.82) is 0 Å². The maximum absolute atomic E-state index is 13.8. The van der Waals surface area contributed by atoms with Gasteiger partial charge in [0, 0.05) is 23.2 Å². The minimum atomic E-state index is -1.37. The smallest absolute Gasteiger partial charge is 0.353 e. The number of rotatable bonds is 9. The standard InChI is InChI=1S/C30H25N7O7S3/c1-12-3-8-16-22(39)17(9-31-24(16)32-12)25(40)33-19(15-6-4-14(10-38)5-7-15)26(41)34-20-28(42)37-21(30(43)44)18(11-46-29(20)37)23(45)27-36-35-13(2)47-27/h3-9,19-20,29,38H,10-11H2,1-2H3,(H,33,40)(H,34,41)(H,43,44)(H,31,32,39)/t19?,20?,29-/m0/s1. The Bertz CT molecular complexity index is 2080. The Kier molecular flexibility index (Phi) is 8.71. The van der Waals surface area contributed by atoms with Gasteiger partial charge in [-0.15, -0.1) is 22.0 Å². The summed E-state index contributed by atoms with van der Waals surface area (Å²) in [5.41, 5.74) is 0.964. The molecule has 3 atom stereocenters. The summed E-state index contributed by atoms with van der Waals surface area (Å²) in [7, 11) is 0. The number of aryl methyl sites for hydroxylation is 2. The van der Waals surface area contributed by atoms with Crippen LogP contribution in [0.5, 0.6) is 0 Å². The molecule has 1 aromatic carbocycles. The second-order valence-corrected chi connectivity index (χ2v) is 13.4. The minimum Gasteiger partial charge on any atom is -0.477 e. The normalized spacial score (nSPS) is 17.9. The number of amides is 3. The Labute approximate surface area is 279 Å². The Morgan fingerprint density at radius 2 is 1.87 bits per heavy atom. The van der Waals surface area contributed by atoms with Gasteiger partial charge in [0.2, 0.25) is 11.3 Å². The van der Waals surface area contributed by atoms with E-state index in [-0.39, 0.29) is 39.4 Å². The van der Waals surface area contributed by atoms with Crippen LogP contribution in [0.1, 0.15) is 43.2 Å². The number of nitrogens with one attached hydrogen (secondary N) is 3. The molecule has 5 heterocycles. The van der Waals surface area contributed by atoms with Crippen molar-refractivity contribution in [2.75, 3.05) is 5.75 Å². The molecule has 2 aliphatic rings. The number of aliphatic carboxylic acids is 1. The SMILES string of the molecule is Cc1ccc2c(=O)c(C(=O)NC(C(=O)NC3C(=O)N4C(C(=O)O)=C(C(=S)c5nnc(C)s5)CS[C@@H]34)c3ccc(CO)cc3)c[nH]c2n1. The largest absolute Gasteiger partial charge is 0.477 e. The number of carboxylic acid groups (broad SMARTS) is 1. The van der Waals surface area contributed by atoms with Crippen LogP contribution < -0.4 is 16.1 Å². The second kappa shape index (κ2) is 12.7. The van der Waals surface area contributed by atoms with E-state index in [9.17, 15) is 34.2 Å². The van der Waals surface area contributed by atoms with E-state index in [2.05, 4.69) is 30.8 Å². The van der Waals surface area contributed by atoms with Crippen molar-refractivity contribution in [3.63, 3.8) is 0 Å². The molecule has 1 fully saturated rings. The van der Waals surface area contributed by atoms with Gasteiger partial charge in [0.05, 0.1) is 16.9 Å². The molecule has 0 aliphatic carbocycles. The first kappa shape index (κ1) is 32.1. The van der Waals surface area contributed by atoms with Gasteiger partial charge in [0.1, 0.15) is 39.4 Å². The third-order valence-corrected chi connectivity index (χ3v) is 10.3. The summed E-state index contributed by atoms with van der Waals surface area (Å²) in [4.78, 5) is 74.5. The molecule has 1 saturated heterocycles. The highest BCUT2D eigenvalue weighted by Gasteiger charge is 2.55. The fraction of sp³-hybridized carbons (Fsp3) is 0.233. The zero-order valence-corrected chi connectivity index (χ0v) is 27.1. The summed E-state index contributed by atoms with van der Waals surface area (Å²) in [6.07, 6.45) is 1.22. The van der Waals surface area contributed by atoms with Crippen molar-refractivity contribution in [2.45, 2.75) is 37.9 Å². The number of β-lactam (4-membered cyclic amide) rings is 1. The van der Waals surface area contributed by atoms with Crippen LogP contribution >= 0.6 is 35.3 Å². The Morgan fingerprint density at radius 1 is 1.13 bits per heavy atom. The maximum Gasteiger partial charge on any atom is 0.353 e. The summed E-state index contributed by atoms with van der Waals surface area (Å²) in [6, 6.07) is 6.91. The quantitative estimate of drug-likeness (QED) is 0.0962. The fourth-order valence-electron chi connectivity index (χ4n) is 5.24. The highest BCUT2D eigenvalue weighted by Crippen LogP contribution is 2.41. The van der Waals surface area contributed by atoms with Gasteiger partial charge in [-0.2, -0.15) is 0 Å². The molecular formula is C30H25N7O7S3. The van der Waals surface area contributed by atoms with Crippen molar-refractivity contribution < 1.29 is 29.4 Å². The molecule has 17 heteroatoms. The topological polar surface area (TPSA) is 208 Å². The first-order valence-corrected chi connectivity index (χ1v) is 16.3. The molecule has 6 rings (SSSR count). The first-order valence-electron chi connectivity index (χ1n) is 14.0. The van der Waals surface area contributed by atoms with E-state index in [1.165, 1.54) is 41.4 Å². The average Bonchev–Trinajstić information content (AvgIpc) is 3.50. The van der Waals surface area contributed by atoms with Crippen LogP contribution in [0.3, 0.4) is 0 Å². The predicted molar refractivity (Wildman–Crippen MR) is 176 cm³/mol. The van der Waals surface area contributed by atoms with Gasteiger partial charge in [0.25, 0.3) is 11.8 Å². The number of nitrogens with zero attached hydrogens (tertiary/aromatic N) is 4. The van der Waals surface area contributed by atoms with Crippen molar-refractivity contribution in [3.8, 4) is 0 Å². The number of fused-ring (bicyclic) bond motifs is 2. The molecule has 0 bridgehead atoms. The number of hydrogen-bond donors (Lipinski definition) is 5. The lowest BCUT2D eigenvalue weighted by Crippen LogP contribution is -2.71. The summed E-state index contributed by atoms with van der Waals surface area (Å²) in [5, 5.41) is 33.2.